The molecule has 0 fully saturated rings. The van der Waals surface area contributed by atoms with E-state index in [4.69, 9.17) is 0 Å². The van der Waals surface area contributed by atoms with Gasteiger partial charge in [0.25, 0.3) is 0 Å². The molecule has 0 spiro atoms. The Morgan fingerprint density at radius 2 is 1.75 bits per heavy atom. The number of benzene rings is 1. The SMILES string of the molecule is CCNCCNC(=O)CN(C)S(=O)(=O)c1ccc(NC(C)=O)cc1. The summed E-state index contributed by atoms with van der Waals surface area (Å²) in [6.45, 7) is 4.93. The fourth-order valence-corrected chi connectivity index (χ4v) is 3.03. The third-order valence-electron chi connectivity index (χ3n) is 3.12. The Hall–Kier alpha value is -1.97. The molecular weight excluding hydrogens is 332 g/mol. The predicted octanol–water partition coefficient (Wildman–Crippen LogP) is -0.00880. The standard InChI is InChI=1S/C15H24N4O4S/c1-4-16-9-10-17-15(21)11-19(3)24(22,23)14-7-5-13(6-8-14)18-12(2)20/h5-8,16H,4,9-11H2,1-3H3,(H,17,21)(H,18,20). The van der Waals surface area contributed by atoms with Crippen molar-refractivity contribution in [3.8, 4) is 0 Å². The molecule has 8 nitrogen and oxygen atoms in total. The highest BCUT2D eigenvalue weighted by Gasteiger charge is 2.22. The Bertz CT molecular complexity index is 659. The number of hydrogen-bond acceptors (Lipinski definition) is 5. The molecule has 0 aliphatic heterocycles. The van der Waals surface area contributed by atoms with Crippen LogP contribution in [0.2, 0.25) is 0 Å². The van der Waals surface area contributed by atoms with E-state index in [-0.39, 0.29) is 23.3 Å². The number of rotatable bonds is 9. The van der Waals surface area contributed by atoms with Crippen LogP contribution in [0.25, 0.3) is 0 Å². The number of hydrogen-bond donors (Lipinski definition) is 3. The first-order valence-electron chi connectivity index (χ1n) is 7.58. The van der Waals surface area contributed by atoms with E-state index < -0.39 is 10.0 Å². The summed E-state index contributed by atoms with van der Waals surface area (Å²) in [5, 5.41) is 8.26. The average Bonchev–Trinajstić information content (AvgIpc) is 2.51. The summed E-state index contributed by atoms with van der Waals surface area (Å²) in [4.78, 5) is 22.8. The van der Waals surface area contributed by atoms with Crippen molar-refractivity contribution in [2.75, 3.05) is 38.5 Å². The van der Waals surface area contributed by atoms with Crippen molar-refractivity contribution in [1.29, 1.82) is 0 Å². The first-order valence-corrected chi connectivity index (χ1v) is 9.02. The van der Waals surface area contributed by atoms with Gasteiger partial charge in [0.2, 0.25) is 21.8 Å². The zero-order chi connectivity index (χ0) is 18.2. The van der Waals surface area contributed by atoms with E-state index in [9.17, 15) is 18.0 Å². The van der Waals surface area contributed by atoms with Gasteiger partial charge >= 0.3 is 0 Å². The second kappa shape index (κ2) is 9.36. The molecule has 0 aliphatic rings. The molecule has 0 unspecified atom stereocenters. The van der Waals surface area contributed by atoms with Crippen LogP contribution in [0.5, 0.6) is 0 Å². The smallest absolute Gasteiger partial charge is 0.243 e. The summed E-state index contributed by atoms with van der Waals surface area (Å²) in [5.41, 5.74) is 0.505. The molecule has 2 amide bonds. The number of sulfonamides is 1. The number of nitrogens with one attached hydrogen (secondary N) is 3. The number of carbonyl (C=O) groups is 2. The zero-order valence-corrected chi connectivity index (χ0v) is 14.9. The van der Waals surface area contributed by atoms with E-state index in [0.29, 0.717) is 18.8 Å². The molecule has 1 aromatic carbocycles. The lowest BCUT2D eigenvalue weighted by Gasteiger charge is -2.17. The van der Waals surface area contributed by atoms with Crippen molar-refractivity contribution in [3.05, 3.63) is 24.3 Å². The van der Waals surface area contributed by atoms with Gasteiger partial charge in [-0.1, -0.05) is 6.92 Å². The molecule has 0 aromatic heterocycles. The second-order valence-electron chi connectivity index (χ2n) is 5.17. The Balaban J connectivity index is 2.66. The summed E-state index contributed by atoms with van der Waals surface area (Å²) in [7, 11) is -2.42. The lowest BCUT2D eigenvalue weighted by atomic mass is 10.3. The highest BCUT2D eigenvalue weighted by atomic mass is 32.2. The Morgan fingerprint density at radius 3 is 2.29 bits per heavy atom. The summed E-state index contributed by atoms with van der Waals surface area (Å²) in [6.07, 6.45) is 0. The van der Waals surface area contributed by atoms with E-state index in [0.717, 1.165) is 10.8 Å². The van der Waals surface area contributed by atoms with Crippen LogP contribution in [-0.2, 0) is 19.6 Å². The number of amides is 2. The number of likely N-dealkylation sites (N-methyl/N-ethyl adjacent to an activating group) is 2. The molecule has 0 bridgehead atoms. The molecule has 134 valence electrons. The van der Waals surface area contributed by atoms with Gasteiger partial charge in [0.15, 0.2) is 0 Å². The third-order valence-corrected chi connectivity index (χ3v) is 4.94. The van der Waals surface area contributed by atoms with Gasteiger partial charge in [-0.2, -0.15) is 4.31 Å². The maximum Gasteiger partial charge on any atom is 0.243 e. The monoisotopic (exact) mass is 356 g/mol. The van der Waals surface area contributed by atoms with Crippen molar-refractivity contribution in [3.63, 3.8) is 0 Å². The van der Waals surface area contributed by atoms with Gasteiger partial charge in [0.1, 0.15) is 0 Å². The fourth-order valence-electron chi connectivity index (χ4n) is 1.90. The lowest BCUT2D eigenvalue weighted by molar-refractivity contribution is -0.121. The van der Waals surface area contributed by atoms with Crippen LogP contribution in [0.3, 0.4) is 0 Å². The van der Waals surface area contributed by atoms with Gasteiger partial charge in [-0.05, 0) is 30.8 Å². The minimum Gasteiger partial charge on any atom is -0.354 e. The molecular formula is C15H24N4O4S. The molecule has 0 heterocycles. The molecule has 1 rings (SSSR count). The Labute approximate surface area is 142 Å². The summed E-state index contributed by atoms with van der Waals surface area (Å²) in [5.74, 6) is -0.606. The number of nitrogens with zero attached hydrogens (tertiary/aromatic N) is 1. The lowest BCUT2D eigenvalue weighted by Crippen LogP contribution is -2.40. The van der Waals surface area contributed by atoms with Crippen LogP contribution >= 0.6 is 0 Å². The zero-order valence-electron chi connectivity index (χ0n) is 14.1. The minimum atomic E-state index is -3.77. The van der Waals surface area contributed by atoms with Crippen LogP contribution in [0, 0.1) is 0 Å². The van der Waals surface area contributed by atoms with Crippen molar-refractivity contribution < 1.29 is 18.0 Å². The Morgan fingerprint density at radius 1 is 1.12 bits per heavy atom. The van der Waals surface area contributed by atoms with E-state index in [2.05, 4.69) is 16.0 Å². The van der Waals surface area contributed by atoms with Crippen LogP contribution in [0.15, 0.2) is 29.2 Å². The van der Waals surface area contributed by atoms with Crippen LogP contribution < -0.4 is 16.0 Å². The minimum absolute atomic E-state index is 0.0551. The summed E-state index contributed by atoms with van der Waals surface area (Å²) < 4.78 is 25.8. The molecule has 1 aromatic rings. The second-order valence-corrected chi connectivity index (χ2v) is 7.22. The van der Waals surface area contributed by atoms with Gasteiger partial charge in [0.05, 0.1) is 11.4 Å². The largest absolute Gasteiger partial charge is 0.354 e. The van der Waals surface area contributed by atoms with Gasteiger partial charge in [-0.15, -0.1) is 0 Å². The third kappa shape index (κ3) is 6.26. The van der Waals surface area contributed by atoms with Crippen molar-refractivity contribution in [1.82, 2.24) is 14.9 Å². The Kier molecular flexibility index (Phi) is 7.83. The highest BCUT2D eigenvalue weighted by Crippen LogP contribution is 2.17. The van der Waals surface area contributed by atoms with E-state index >= 15 is 0 Å². The highest BCUT2D eigenvalue weighted by molar-refractivity contribution is 7.89. The van der Waals surface area contributed by atoms with Gasteiger partial charge < -0.3 is 16.0 Å². The van der Waals surface area contributed by atoms with Crippen LogP contribution in [-0.4, -0.2) is 57.8 Å². The topological polar surface area (TPSA) is 108 Å². The first kappa shape index (κ1) is 20.1. The van der Waals surface area contributed by atoms with E-state index in [1.165, 1.54) is 38.2 Å². The maximum absolute atomic E-state index is 12.4. The molecule has 24 heavy (non-hydrogen) atoms. The van der Waals surface area contributed by atoms with Crippen molar-refractivity contribution >= 4 is 27.5 Å². The van der Waals surface area contributed by atoms with E-state index in [1.807, 2.05) is 6.92 Å². The average molecular weight is 356 g/mol. The number of carbonyl (C=O) groups excluding carboxylic acids is 2. The molecule has 0 radical (unpaired) electrons. The summed E-state index contributed by atoms with van der Waals surface area (Å²) >= 11 is 0. The maximum atomic E-state index is 12.4. The van der Waals surface area contributed by atoms with E-state index in [1.54, 1.807) is 0 Å². The predicted molar refractivity (Wildman–Crippen MR) is 92.1 cm³/mol. The van der Waals surface area contributed by atoms with Gasteiger partial charge in [-0.25, -0.2) is 8.42 Å². The van der Waals surface area contributed by atoms with Crippen molar-refractivity contribution in [2.45, 2.75) is 18.7 Å². The first-order chi connectivity index (χ1) is 11.3. The van der Waals surface area contributed by atoms with Crippen molar-refractivity contribution in [2.24, 2.45) is 0 Å². The molecule has 9 heteroatoms. The molecule has 0 saturated carbocycles. The van der Waals surface area contributed by atoms with Crippen LogP contribution in [0.1, 0.15) is 13.8 Å². The van der Waals surface area contributed by atoms with Crippen LogP contribution in [0.4, 0.5) is 5.69 Å². The molecule has 3 N–H and O–H groups in total. The molecule has 0 aliphatic carbocycles. The van der Waals surface area contributed by atoms with Gasteiger partial charge in [0, 0.05) is 32.7 Å². The quantitative estimate of drug-likeness (QED) is 0.540. The van der Waals surface area contributed by atoms with Gasteiger partial charge in [-0.3, -0.25) is 9.59 Å². The number of anilines is 1. The fraction of sp³-hybridized carbons (Fsp3) is 0.467. The normalized spacial score (nSPS) is 11.3. The molecule has 0 atom stereocenters. The summed E-state index contributed by atoms with van der Waals surface area (Å²) in [6, 6.07) is 5.78. The molecule has 0 saturated heterocycles.